The number of hydrogen-bond donors (Lipinski definition) is 1. The molecule has 1 aromatic rings. The van der Waals surface area contributed by atoms with E-state index in [1.165, 1.54) is 7.11 Å². The predicted octanol–water partition coefficient (Wildman–Crippen LogP) is 0.877. The van der Waals surface area contributed by atoms with Crippen LogP contribution in [0.1, 0.15) is 32.3 Å². The third kappa shape index (κ3) is 3.91. The van der Waals surface area contributed by atoms with E-state index in [-0.39, 0.29) is 17.0 Å². The summed E-state index contributed by atoms with van der Waals surface area (Å²) in [7, 11) is 3.18. The van der Waals surface area contributed by atoms with Crippen LogP contribution in [0.3, 0.4) is 0 Å². The van der Waals surface area contributed by atoms with Gasteiger partial charge in [-0.3, -0.25) is 0 Å². The summed E-state index contributed by atoms with van der Waals surface area (Å²) in [5.41, 5.74) is 1.21. The maximum absolute atomic E-state index is 10.1. The summed E-state index contributed by atoms with van der Waals surface area (Å²) < 4.78 is 5.58. The number of hydrogen-bond acceptors (Lipinski definition) is 7. The molecule has 0 radical (unpaired) electrons. The Labute approximate surface area is 147 Å². The van der Waals surface area contributed by atoms with E-state index in [4.69, 9.17) is 9.57 Å². The number of rotatable bonds is 4. The summed E-state index contributed by atoms with van der Waals surface area (Å²) in [5, 5.41) is 24.6. The SMILES string of the molecule is C=c1nc(O)c(C#N)c(N2CCC(C)(OC)CC2)/c1=C/C(C)=N/OC. The molecule has 0 spiro atoms. The molecule has 0 amide bonds. The molecule has 2 heterocycles. The van der Waals surface area contributed by atoms with Crippen molar-refractivity contribution in [3.63, 3.8) is 0 Å². The summed E-state index contributed by atoms with van der Waals surface area (Å²) in [4.78, 5) is 10.9. The fourth-order valence-corrected chi connectivity index (χ4v) is 2.99. The maximum Gasteiger partial charge on any atom is 0.231 e. The number of nitrogens with zero attached hydrogens (tertiary/aromatic N) is 4. The molecule has 0 unspecified atom stereocenters. The molecule has 134 valence electrons. The van der Waals surface area contributed by atoms with Gasteiger partial charge in [-0.1, -0.05) is 11.7 Å². The highest BCUT2D eigenvalue weighted by Gasteiger charge is 2.31. The van der Waals surface area contributed by atoms with Gasteiger partial charge in [-0.25, -0.2) is 4.98 Å². The van der Waals surface area contributed by atoms with Crippen molar-refractivity contribution in [2.45, 2.75) is 32.3 Å². The fourth-order valence-electron chi connectivity index (χ4n) is 2.99. The lowest BCUT2D eigenvalue weighted by molar-refractivity contribution is -0.0132. The van der Waals surface area contributed by atoms with Gasteiger partial charge < -0.3 is 19.6 Å². The van der Waals surface area contributed by atoms with E-state index in [1.807, 2.05) is 0 Å². The number of aromatic nitrogens is 1. The van der Waals surface area contributed by atoms with Gasteiger partial charge in [0.2, 0.25) is 5.88 Å². The molecule has 1 N–H and O–H groups in total. The third-order valence-corrected chi connectivity index (χ3v) is 4.60. The lowest BCUT2D eigenvalue weighted by Gasteiger charge is -2.39. The van der Waals surface area contributed by atoms with E-state index in [1.54, 1.807) is 20.1 Å². The largest absolute Gasteiger partial charge is 0.492 e. The Morgan fingerprint density at radius 1 is 1.44 bits per heavy atom. The second-order valence-electron chi connectivity index (χ2n) is 6.33. The Bertz CT molecular complexity index is 818. The van der Waals surface area contributed by atoms with E-state index < -0.39 is 0 Å². The van der Waals surface area contributed by atoms with Gasteiger partial charge in [-0.05, 0) is 32.8 Å². The molecule has 1 aliphatic rings. The first kappa shape index (κ1) is 18.7. The number of methoxy groups -OCH3 is 1. The molecule has 1 aliphatic heterocycles. The highest BCUT2D eigenvalue weighted by molar-refractivity contribution is 6.08. The summed E-state index contributed by atoms with van der Waals surface area (Å²) in [6.07, 6.45) is 3.39. The Morgan fingerprint density at radius 2 is 2.08 bits per heavy atom. The lowest BCUT2D eigenvalue weighted by Crippen LogP contribution is -2.47. The molecule has 0 aliphatic carbocycles. The molecular formula is C18H24N4O3. The minimum absolute atomic E-state index is 0.143. The van der Waals surface area contributed by atoms with Gasteiger partial charge in [0.25, 0.3) is 0 Å². The number of oxime groups is 1. The van der Waals surface area contributed by atoms with Gasteiger partial charge in [-0.15, -0.1) is 0 Å². The quantitative estimate of drug-likeness (QED) is 0.644. The second-order valence-corrected chi connectivity index (χ2v) is 6.33. The average molecular weight is 344 g/mol. The maximum atomic E-state index is 10.1. The van der Waals surface area contributed by atoms with Gasteiger partial charge in [-0.2, -0.15) is 5.26 Å². The topological polar surface area (TPSA) is 91.0 Å². The molecule has 1 fully saturated rings. The highest BCUT2D eigenvalue weighted by atomic mass is 16.6. The zero-order chi connectivity index (χ0) is 18.6. The number of aromatic hydroxyl groups is 1. The zero-order valence-corrected chi connectivity index (χ0v) is 15.2. The Kier molecular flexibility index (Phi) is 5.65. The standard InChI is InChI=1S/C18H24N4O3/c1-12(21-25-5)10-14-13(2)20-17(23)15(11-19)16(14)22-8-6-18(3,24-4)7-9-22/h10H,2,6-9H2,1,3-5H3,(H,20,23)/b14-10+,21-12+. The van der Waals surface area contributed by atoms with Crippen LogP contribution in [0, 0.1) is 11.3 Å². The molecule has 2 rings (SSSR count). The van der Waals surface area contributed by atoms with Crippen molar-refractivity contribution in [1.82, 2.24) is 4.98 Å². The van der Waals surface area contributed by atoms with Crippen LogP contribution in [0.15, 0.2) is 5.16 Å². The van der Waals surface area contributed by atoms with E-state index in [0.29, 0.717) is 35.1 Å². The molecule has 0 saturated carbocycles. The molecule has 0 atom stereocenters. The van der Waals surface area contributed by atoms with Crippen LogP contribution in [-0.2, 0) is 9.57 Å². The normalized spacial score (nSPS) is 18.1. The van der Waals surface area contributed by atoms with Crippen molar-refractivity contribution >= 4 is 24.1 Å². The monoisotopic (exact) mass is 344 g/mol. The van der Waals surface area contributed by atoms with Crippen LogP contribution >= 0.6 is 0 Å². The molecule has 7 heteroatoms. The molecule has 1 aromatic heterocycles. The minimum Gasteiger partial charge on any atom is -0.492 e. The van der Waals surface area contributed by atoms with E-state index in [9.17, 15) is 10.4 Å². The van der Waals surface area contributed by atoms with Gasteiger partial charge in [0.15, 0.2) is 0 Å². The first-order valence-corrected chi connectivity index (χ1v) is 8.07. The van der Waals surface area contributed by atoms with Crippen LogP contribution in [-0.4, -0.2) is 48.7 Å². The smallest absolute Gasteiger partial charge is 0.231 e. The summed E-state index contributed by atoms with van der Waals surface area (Å²) >= 11 is 0. The second kappa shape index (κ2) is 7.53. The molecule has 25 heavy (non-hydrogen) atoms. The summed E-state index contributed by atoms with van der Waals surface area (Å²) in [6.45, 7) is 9.17. The van der Waals surface area contributed by atoms with Crippen LogP contribution in [0.4, 0.5) is 5.69 Å². The van der Waals surface area contributed by atoms with Crippen LogP contribution in [0.2, 0.25) is 0 Å². The minimum atomic E-state index is -0.305. The number of pyridine rings is 1. The number of piperidine rings is 1. The van der Waals surface area contributed by atoms with Crippen LogP contribution in [0.25, 0.3) is 12.7 Å². The molecular weight excluding hydrogens is 320 g/mol. The molecule has 1 saturated heterocycles. The first-order chi connectivity index (χ1) is 11.8. The number of nitriles is 1. The number of ether oxygens (including phenoxy) is 1. The van der Waals surface area contributed by atoms with Crippen LogP contribution in [0.5, 0.6) is 5.88 Å². The van der Waals surface area contributed by atoms with Crippen LogP contribution < -0.4 is 15.5 Å². The van der Waals surface area contributed by atoms with Crippen molar-refractivity contribution in [3.8, 4) is 11.9 Å². The van der Waals surface area contributed by atoms with Crippen molar-refractivity contribution in [2.75, 3.05) is 32.2 Å². The Hall–Kier alpha value is -2.59. The number of anilines is 1. The van der Waals surface area contributed by atoms with Gasteiger partial charge in [0, 0.05) is 25.4 Å². The predicted molar refractivity (Wildman–Crippen MR) is 96.8 cm³/mol. The van der Waals surface area contributed by atoms with Gasteiger partial charge in [0.1, 0.15) is 18.7 Å². The summed E-state index contributed by atoms with van der Waals surface area (Å²) in [6, 6.07) is 2.06. The summed E-state index contributed by atoms with van der Waals surface area (Å²) in [5.74, 6) is -0.305. The highest BCUT2D eigenvalue weighted by Crippen LogP contribution is 2.29. The Balaban J connectivity index is 2.62. The Morgan fingerprint density at radius 3 is 2.60 bits per heavy atom. The fraction of sp³-hybridized carbons (Fsp3) is 0.500. The molecule has 0 bridgehead atoms. The van der Waals surface area contributed by atoms with Crippen molar-refractivity contribution in [1.29, 1.82) is 5.26 Å². The average Bonchev–Trinajstić information content (AvgIpc) is 2.58. The third-order valence-electron chi connectivity index (χ3n) is 4.60. The van der Waals surface area contributed by atoms with E-state index in [0.717, 1.165) is 12.8 Å². The van der Waals surface area contributed by atoms with Gasteiger partial charge in [0.05, 0.1) is 22.3 Å². The van der Waals surface area contributed by atoms with Gasteiger partial charge >= 0.3 is 0 Å². The zero-order valence-electron chi connectivity index (χ0n) is 15.2. The molecule has 0 aromatic carbocycles. The first-order valence-electron chi connectivity index (χ1n) is 8.07. The van der Waals surface area contributed by atoms with E-state index >= 15 is 0 Å². The van der Waals surface area contributed by atoms with Crippen molar-refractivity contribution < 1.29 is 14.7 Å². The lowest BCUT2D eigenvalue weighted by atomic mass is 9.92. The molecule has 7 nitrogen and oxygen atoms in total. The van der Waals surface area contributed by atoms with E-state index in [2.05, 4.69) is 34.6 Å². The van der Waals surface area contributed by atoms with Crippen molar-refractivity contribution in [3.05, 3.63) is 16.1 Å². The van der Waals surface area contributed by atoms with Crippen molar-refractivity contribution in [2.24, 2.45) is 5.16 Å².